The zero-order valence-electron chi connectivity index (χ0n) is 12.1. The van der Waals surface area contributed by atoms with Gasteiger partial charge < -0.3 is 9.84 Å². The van der Waals surface area contributed by atoms with Crippen molar-refractivity contribution in [2.45, 2.75) is 61.3 Å². The molecule has 21 heavy (non-hydrogen) atoms. The van der Waals surface area contributed by atoms with Crippen LogP contribution in [-0.2, 0) is 4.74 Å². The number of nitrogens with zero attached hydrogens (tertiary/aromatic N) is 1. The van der Waals surface area contributed by atoms with Crippen LogP contribution in [0, 0.1) is 10.1 Å². The first-order valence-electron chi connectivity index (χ1n) is 7.29. The summed E-state index contributed by atoms with van der Waals surface area (Å²) in [6.07, 6.45) is 7.28. The molecule has 0 fully saturated rings. The number of hydrogen-bond acceptors (Lipinski definition) is 4. The van der Waals surface area contributed by atoms with Gasteiger partial charge in [-0.15, -0.1) is 0 Å². The number of unbranched alkanes of at least 4 members (excludes halogenated alkanes) is 7. The first kappa shape index (κ1) is 21.2. The monoisotopic (exact) mass is 363 g/mol. The highest BCUT2D eigenvalue weighted by atomic mass is 35.6. The van der Waals surface area contributed by atoms with Crippen LogP contribution < -0.4 is 0 Å². The Labute approximate surface area is 141 Å². The number of aliphatic hydroxyl groups excluding tert-OH is 1. The Morgan fingerprint density at radius 2 is 1.48 bits per heavy atom. The lowest BCUT2D eigenvalue weighted by Crippen LogP contribution is -2.35. The summed E-state index contributed by atoms with van der Waals surface area (Å²) in [7, 11) is 0. The van der Waals surface area contributed by atoms with Gasteiger partial charge in [-0.25, -0.2) is 0 Å². The lowest BCUT2D eigenvalue weighted by Gasteiger charge is -2.21. The second-order valence-electron chi connectivity index (χ2n) is 4.97. The van der Waals surface area contributed by atoms with Gasteiger partial charge in [0.2, 0.25) is 10.3 Å². The van der Waals surface area contributed by atoms with Gasteiger partial charge in [-0.05, 0) is 12.8 Å². The van der Waals surface area contributed by atoms with Crippen molar-refractivity contribution in [2.24, 2.45) is 0 Å². The zero-order chi connectivity index (χ0) is 16.1. The van der Waals surface area contributed by atoms with Gasteiger partial charge in [-0.3, -0.25) is 10.1 Å². The minimum atomic E-state index is -1.78. The number of halogens is 3. The third kappa shape index (κ3) is 13.6. The third-order valence-electron chi connectivity index (χ3n) is 3.05. The van der Waals surface area contributed by atoms with Gasteiger partial charge in [-0.2, -0.15) is 0 Å². The molecule has 0 radical (unpaired) electrons. The van der Waals surface area contributed by atoms with E-state index < -0.39 is 21.4 Å². The number of aliphatic hydroxyl groups is 1. The van der Waals surface area contributed by atoms with Crippen molar-refractivity contribution >= 4 is 34.8 Å². The summed E-state index contributed by atoms with van der Waals surface area (Å²) >= 11 is 16.9. The maximum Gasteiger partial charge on any atom is 0.233 e. The normalized spacial score (nSPS) is 13.3. The molecular formula is C13H24Cl3NO4. The Bertz CT molecular complexity index is 275. The maximum atomic E-state index is 10.5. The Hall–Kier alpha value is 0.190. The molecule has 0 saturated carbocycles. The molecule has 0 spiro atoms. The first-order valence-corrected chi connectivity index (χ1v) is 8.42. The van der Waals surface area contributed by atoms with Crippen LogP contribution >= 0.6 is 34.8 Å². The quantitative estimate of drug-likeness (QED) is 0.231. The minimum absolute atomic E-state index is 0.270. The Kier molecular flexibility index (Phi) is 12.8. The van der Waals surface area contributed by atoms with Crippen LogP contribution in [0.15, 0.2) is 0 Å². The maximum absolute atomic E-state index is 10.5. The molecule has 0 aliphatic rings. The molecule has 0 aromatic heterocycles. The second-order valence-corrected chi connectivity index (χ2v) is 7.34. The molecule has 0 aromatic rings. The van der Waals surface area contributed by atoms with E-state index in [0.29, 0.717) is 6.61 Å². The molecule has 1 N–H and O–H groups in total. The van der Waals surface area contributed by atoms with Crippen molar-refractivity contribution in [1.82, 2.24) is 0 Å². The number of rotatable bonds is 13. The molecule has 5 nitrogen and oxygen atoms in total. The van der Waals surface area contributed by atoms with Crippen LogP contribution in [0.2, 0.25) is 0 Å². The van der Waals surface area contributed by atoms with Gasteiger partial charge in [0.15, 0.2) is 6.10 Å². The van der Waals surface area contributed by atoms with Crippen molar-refractivity contribution < 1.29 is 14.8 Å². The highest BCUT2D eigenvalue weighted by molar-refractivity contribution is 6.68. The Balaban J connectivity index is 3.56. The molecule has 0 unspecified atom stereocenters. The van der Waals surface area contributed by atoms with Crippen molar-refractivity contribution in [3.63, 3.8) is 0 Å². The standard InChI is InChI=1S/C13H24Cl3NO4/c14-13(15,16)12(11-17(19)20)21-10-8-6-4-2-1-3-5-7-9-18/h12,18H,1-11H2/t12-/m1/s1. The van der Waals surface area contributed by atoms with Crippen molar-refractivity contribution in [3.8, 4) is 0 Å². The fourth-order valence-corrected chi connectivity index (χ4v) is 2.28. The molecule has 8 heteroatoms. The molecule has 0 heterocycles. The van der Waals surface area contributed by atoms with E-state index in [1.165, 1.54) is 6.42 Å². The van der Waals surface area contributed by atoms with E-state index in [1.54, 1.807) is 0 Å². The summed E-state index contributed by atoms with van der Waals surface area (Å²) in [6, 6.07) is 0. The van der Waals surface area contributed by atoms with E-state index in [0.717, 1.165) is 44.9 Å². The molecule has 0 bridgehead atoms. The van der Waals surface area contributed by atoms with Crippen molar-refractivity contribution in [1.29, 1.82) is 0 Å². The first-order chi connectivity index (χ1) is 9.88. The Morgan fingerprint density at radius 1 is 1.00 bits per heavy atom. The van der Waals surface area contributed by atoms with Crippen LogP contribution in [-0.4, -0.2) is 39.7 Å². The summed E-state index contributed by atoms with van der Waals surface area (Å²) in [6.45, 7) is 0.115. The molecule has 0 rings (SSSR count). The second kappa shape index (κ2) is 12.7. The van der Waals surface area contributed by atoms with Crippen LogP contribution in [0.25, 0.3) is 0 Å². The number of nitro groups is 1. The minimum Gasteiger partial charge on any atom is -0.396 e. The lowest BCUT2D eigenvalue weighted by atomic mass is 10.1. The molecule has 1 atom stereocenters. The highest BCUT2D eigenvalue weighted by Crippen LogP contribution is 2.32. The van der Waals surface area contributed by atoms with Crippen LogP contribution in [0.4, 0.5) is 0 Å². The van der Waals surface area contributed by atoms with E-state index in [2.05, 4.69) is 0 Å². The fourth-order valence-electron chi connectivity index (χ4n) is 1.89. The smallest absolute Gasteiger partial charge is 0.233 e. The van der Waals surface area contributed by atoms with Crippen LogP contribution in [0.1, 0.15) is 51.4 Å². The summed E-state index contributed by atoms with van der Waals surface area (Å²) < 4.78 is 3.53. The zero-order valence-corrected chi connectivity index (χ0v) is 14.4. The Morgan fingerprint density at radius 3 is 1.90 bits per heavy atom. The summed E-state index contributed by atoms with van der Waals surface area (Å²) in [5.74, 6) is 0. The largest absolute Gasteiger partial charge is 0.396 e. The number of alkyl halides is 3. The summed E-state index contributed by atoms with van der Waals surface area (Å²) in [5.41, 5.74) is 0. The van der Waals surface area contributed by atoms with E-state index in [-0.39, 0.29) is 6.61 Å². The van der Waals surface area contributed by atoms with Crippen LogP contribution in [0.3, 0.4) is 0 Å². The summed E-state index contributed by atoms with van der Waals surface area (Å²) in [4.78, 5) is 9.93. The SMILES string of the molecule is O=[N+]([O-])C[C@@H](OCCCCCCCCCCO)C(Cl)(Cl)Cl. The van der Waals surface area contributed by atoms with Gasteiger partial charge in [-0.1, -0.05) is 73.3 Å². The molecule has 0 aromatic carbocycles. The highest BCUT2D eigenvalue weighted by Gasteiger charge is 2.37. The van der Waals surface area contributed by atoms with Gasteiger partial charge in [0.1, 0.15) is 0 Å². The van der Waals surface area contributed by atoms with E-state index in [1.807, 2.05) is 0 Å². The van der Waals surface area contributed by atoms with Gasteiger partial charge in [0, 0.05) is 18.1 Å². The van der Waals surface area contributed by atoms with Crippen molar-refractivity contribution in [3.05, 3.63) is 10.1 Å². The molecule has 126 valence electrons. The average Bonchev–Trinajstić information content (AvgIpc) is 2.38. The van der Waals surface area contributed by atoms with Crippen molar-refractivity contribution in [2.75, 3.05) is 19.8 Å². The fraction of sp³-hybridized carbons (Fsp3) is 1.00. The predicted molar refractivity (Wildman–Crippen MR) is 85.9 cm³/mol. The predicted octanol–water partition coefficient (Wildman–Crippen LogP) is 4.13. The molecule has 0 aliphatic carbocycles. The van der Waals surface area contributed by atoms with Gasteiger partial charge in [0.05, 0.1) is 0 Å². The third-order valence-corrected chi connectivity index (χ3v) is 3.78. The summed E-state index contributed by atoms with van der Waals surface area (Å²) in [5, 5.41) is 19.1. The van der Waals surface area contributed by atoms with Crippen LogP contribution in [0.5, 0.6) is 0 Å². The average molecular weight is 365 g/mol. The van der Waals surface area contributed by atoms with E-state index in [9.17, 15) is 10.1 Å². The number of hydrogen-bond donors (Lipinski definition) is 1. The molecule has 0 amide bonds. The molecule has 0 aliphatic heterocycles. The topological polar surface area (TPSA) is 72.6 Å². The lowest BCUT2D eigenvalue weighted by molar-refractivity contribution is -0.491. The van der Waals surface area contributed by atoms with Gasteiger partial charge >= 0.3 is 0 Å². The molecular weight excluding hydrogens is 341 g/mol. The number of ether oxygens (including phenoxy) is 1. The molecule has 0 saturated heterocycles. The van der Waals surface area contributed by atoms with E-state index in [4.69, 9.17) is 44.6 Å². The van der Waals surface area contributed by atoms with E-state index >= 15 is 0 Å². The van der Waals surface area contributed by atoms with Gasteiger partial charge in [0.25, 0.3) is 0 Å².